The molecule has 1 amide bonds. The zero-order valence-electron chi connectivity index (χ0n) is 18.1. The SMILES string of the molecule is Cc1ccc([C@@H](C)NC(=O)c2ccc(CN3CCc4ccccc4C3)cc2)cc1C. The number of fused-ring (bicyclic) bond motifs is 1. The van der Waals surface area contributed by atoms with Gasteiger partial charge in [-0.15, -0.1) is 0 Å². The van der Waals surface area contributed by atoms with E-state index < -0.39 is 0 Å². The molecule has 0 saturated heterocycles. The van der Waals surface area contributed by atoms with Crippen LogP contribution in [0.1, 0.15) is 56.7 Å². The van der Waals surface area contributed by atoms with E-state index in [9.17, 15) is 4.79 Å². The maximum atomic E-state index is 12.7. The fourth-order valence-electron chi connectivity index (χ4n) is 4.11. The summed E-state index contributed by atoms with van der Waals surface area (Å²) in [5, 5.41) is 3.12. The van der Waals surface area contributed by atoms with E-state index in [1.807, 2.05) is 19.1 Å². The Morgan fingerprint density at radius 2 is 1.70 bits per heavy atom. The molecule has 0 spiro atoms. The lowest BCUT2D eigenvalue weighted by atomic mass is 9.99. The number of hydrogen-bond donors (Lipinski definition) is 1. The fraction of sp³-hybridized carbons (Fsp3) is 0.296. The second-order valence-electron chi connectivity index (χ2n) is 8.47. The lowest BCUT2D eigenvalue weighted by Crippen LogP contribution is -2.30. The number of benzene rings is 3. The number of hydrogen-bond acceptors (Lipinski definition) is 2. The number of nitrogens with one attached hydrogen (secondary N) is 1. The molecule has 1 N–H and O–H groups in total. The van der Waals surface area contributed by atoms with Crippen LogP contribution in [0.5, 0.6) is 0 Å². The van der Waals surface area contributed by atoms with Gasteiger partial charge in [-0.25, -0.2) is 0 Å². The highest BCUT2D eigenvalue weighted by Crippen LogP contribution is 2.21. The normalized spacial score (nSPS) is 14.8. The Hall–Kier alpha value is -2.91. The van der Waals surface area contributed by atoms with Crippen molar-refractivity contribution in [2.24, 2.45) is 0 Å². The van der Waals surface area contributed by atoms with Crippen LogP contribution in [0.4, 0.5) is 0 Å². The largest absolute Gasteiger partial charge is 0.346 e. The molecular formula is C27H30N2O. The average molecular weight is 399 g/mol. The molecule has 0 bridgehead atoms. The van der Waals surface area contributed by atoms with Gasteiger partial charge in [0, 0.05) is 25.2 Å². The third kappa shape index (κ3) is 4.63. The minimum absolute atomic E-state index is 0.0232. The Kier molecular flexibility index (Phi) is 6.01. The van der Waals surface area contributed by atoms with Crippen LogP contribution < -0.4 is 5.32 Å². The van der Waals surface area contributed by atoms with Crippen molar-refractivity contribution < 1.29 is 4.79 Å². The molecular weight excluding hydrogens is 368 g/mol. The monoisotopic (exact) mass is 398 g/mol. The van der Waals surface area contributed by atoms with Crippen molar-refractivity contribution in [3.8, 4) is 0 Å². The minimum atomic E-state index is -0.0285. The standard InChI is InChI=1S/C27H30N2O/c1-19-8-11-25(16-20(19)2)21(3)28-27(30)24-12-9-22(10-13-24)17-29-15-14-23-6-4-5-7-26(23)18-29/h4-13,16,21H,14-15,17-18H2,1-3H3,(H,28,30)/t21-/m1/s1. The average Bonchev–Trinajstić information content (AvgIpc) is 2.76. The van der Waals surface area contributed by atoms with Crippen LogP contribution in [-0.4, -0.2) is 17.4 Å². The molecule has 0 fully saturated rings. The number of nitrogens with zero attached hydrogens (tertiary/aromatic N) is 1. The number of carbonyl (C=O) groups excluding carboxylic acids is 1. The molecule has 1 atom stereocenters. The summed E-state index contributed by atoms with van der Waals surface area (Å²) in [5.41, 5.74) is 8.50. The number of carbonyl (C=O) groups is 1. The second-order valence-corrected chi connectivity index (χ2v) is 8.47. The predicted molar refractivity (Wildman–Crippen MR) is 122 cm³/mol. The number of rotatable bonds is 5. The Balaban J connectivity index is 1.36. The summed E-state index contributed by atoms with van der Waals surface area (Å²) in [6.07, 6.45) is 1.10. The predicted octanol–water partition coefficient (Wildman–Crippen LogP) is 5.35. The van der Waals surface area contributed by atoms with Gasteiger partial charge in [-0.3, -0.25) is 9.69 Å². The zero-order chi connectivity index (χ0) is 21.1. The smallest absolute Gasteiger partial charge is 0.251 e. The molecule has 3 heteroatoms. The van der Waals surface area contributed by atoms with Crippen molar-refractivity contribution in [3.05, 3.63) is 106 Å². The van der Waals surface area contributed by atoms with Crippen LogP contribution in [0.15, 0.2) is 66.7 Å². The molecule has 3 aromatic rings. The summed E-state index contributed by atoms with van der Waals surface area (Å²) in [4.78, 5) is 15.2. The highest BCUT2D eigenvalue weighted by atomic mass is 16.1. The first kappa shape index (κ1) is 20.4. The van der Waals surface area contributed by atoms with E-state index >= 15 is 0 Å². The van der Waals surface area contributed by atoms with Gasteiger partial charge in [0.25, 0.3) is 5.91 Å². The maximum absolute atomic E-state index is 12.7. The summed E-state index contributed by atoms with van der Waals surface area (Å²) in [6.45, 7) is 9.22. The topological polar surface area (TPSA) is 32.3 Å². The molecule has 30 heavy (non-hydrogen) atoms. The van der Waals surface area contributed by atoms with Crippen molar-refractivity contribution in [1.82, 2.24) is 10.2 Å². The lowest BCUT2D eigenvalue weighted by molar-refractivity contribution is 0.0940. The van der Waals surface area contributed by atoms with Crippen molar-refractivity contribution in [2.45, 2.75) is 46.3 Å². The van der Waals surface area contributed by atoms with Gasteiger partial charge in [0.05, 0.1) is 6.04 Å². The van der Waals surface area contributed by atoms with Gasteiger partial charge in [-0.2, -0.15) is 0 Å². The van der Waals surface area contributed by atoms with Crippen LogP contribution in [0, 0.1) is 13.8 Å². The van der Waals surface area contributed by atoms with Gasteiger partial charge in [-0.1, -0.05) is 54.6 Å². The molecule has 0 aliphatic carbocycles. The summed E-state index contributed by atoms with van der Waals surface area (Å²) >= 11 is 0. The summed E-state index contributed by atoms with van der Waals surface area (Å²) in [6, 6.07) is 23.1. The third-order valence-corrected chi connectivity index (χ3v) is 6.21. The molecule has 154 valence electrons. The Bertz CT molecular complexity index is 1040. The highest BCUT2D eigenvalue weighted by Gasteiger charge is 2.16. The molecule has 3 nitrogen and oxygen atoms in total. The Morgan fingerprint density at radius 3 is 2.43 bits per heavy atom. The first-order valence-corrected chi connectivity index (χ1v) is 10.8. The fourth-order valence-corrected chi connectivity index (χ4v) is 4.11. The molecule has 0 radical (unpaired) electrons. The van der Waals surface area contributed by atoms with Gasteiger partial charge in [-0.05, 0) is 72.7 Å². The number of aryl methyl sites for hydroxylation is 2. The quantitative estimate of drug-likeness (QED) is 0.628. The van der Waals surface area contributed by atoms with Gasteiger partial charge < -0.3 is 5.32 Å². The van der Waals surface area contributed by atoms with Gasteiger partial charge in [0.15, 0.2) is 0 Å². The summed E-state index contributed by atoms with van der Waals surface area (Å²) < 4.78 is 0. The summed E-state index contributed by atoms with van der Waals surface area (Å²) in [5.74, 6) is -0.0285. The van der Waals surface area contributed by atoms with Crippen LogP contribution in [0.3, 0.4) is 0 Å². The van der Waals surface area contributed by atoms with Gasteiger partial charge in [0.1, 0.15) is 0 Å². The lowest BCUT2D eigenvalue weighted by Gasteiger charge is -2.28. The number of amides is 1. The van der Waals surface area contributed by atoms with E-state index in [4.69, 9.17) is 0 Å². The molecule has 0 unspecified atom stereocenters. The maximum Gasteiger partial charge on any atom is 0.251 e. The van der Waals surface area contributed by atoms with Crippen molar-refractivity contribution in [2.75, 3.05) is 6.54 Å². The van der Waals surface area contributed by atoms with Gasteiger partial charge in [0.2, 0.25) is 0 Å². The first-order valence-electron chi connectivity index (χ1n) is 10.8. The van der Waals surface area contributed by atoms with E-state index in [1.165, 1.54) is 27.8 Å². The minimum Gasteiger partial charge on any atom is -0.346 e. The first-order chi connectivity index (χ1) is 14.5. The van der Waals surface area contributed by atoms with Crippen molar-refractivity contribution >= 4 is 5.91 Å². The van der Waals surface area contributed by atoms with E-state index in [2.05, 4.69) is 78.7 Å². The van der Waals surface area contributed by atoms with Crippen LogP contribution in [0.25, 0.3) is 0 Å². The van der Waals surface area contributed by atoms with Crippen molar-refractivity contribution in [3.63, 3.8) is 0 Å². The molecule has 1 aliphatic heterocycles. The second kappa shape index (κ2) is 8.85. The molecule has 1 aliphatic rings. The molecule has 1 heterocycles. The van der Waals surface area contributed by atoms with E-state index in [1.54, 1.807) is 0 Å². The Labute approximate surface area is 179 Å². The third-order valence-electron chi connectivity index (χ3n) is 6.21. The van der Waals surface area contributed by atoms with Crippen LogP contribution in [0.2, 0.25) is 0 Å². The summed E-state index contributed by atoms with van der Waals surface area (Å²) in [7, 11) is 0. The van der Waals surface area contributed by atoms with Crippen LogP contribution >= 0.6 is 0 Å². The molecule has 3 aromatic carbocycles. The van der Waals surface area contributed by atoms with E-state index in [0.29, 0.717) is 5.56 Å². The van der Waals surface area contributed by atoms with E-state index in [-0.39, 0.29) is 11.9 Å². The molecule has 0 aromatic heterocycles. The molecule has 4 rings (SSSR count). The van der Waals surface area contributed by atoms with Crippen molar-refractivity contribution in [1.29, 1.82) is 0 Å². The van der Waals surface area contributed by atoms with Crippen LogP contribution in [-0.2, 0) is 19.5 Å². The Morgan fingerprint density at radius 1 is 0.967 bits per heavy atom. The highest BCUT2D eigenvalue weighted by molar-refractivity contribution is 5.94. The van der Waals surface area contributed by atoms with Gasteiger partial charge >= 0.3 is 0 Å². The molecule has 0 saturated carbocycles. The zero-order valence-corrected chi connectivity index (χ0v) is 18.1. The van der Waals surface area contributed by atoms with E-state index in [0.717, 1.165) is 31.6 Å².